The molecule has 8 heteroatoms. The van der Waals surface area contributed by atoms with E-state index >= 15 is 0 Å². The zero-order valence-electron chi connectivity index (χ0n) is 18.1. The zero-order chi connectivity index (χ0) is 22.9. The number of carbonyl (C=O) groups is 2. The molecule has 32 heavy (non-hydrogen) atoms. The van der Waals surface area contributed by atoms with Gasteiger partial charge in [-0.15, -0.1) is 0 Å². The fourth-order valence-electron chi connectivity index (χ4n) is 3.18. The predicted molar refractivity (Wildman–Crippen MR) is 117 cm³/mol. The second-order valence-electron chi connectivity index (χ2n) is 7.27. The number of methoxy groups -OCH3 is 1. The molecule has 0 radical (unpaired) electrons. The van der Waals surface area contributed by atoms with Gasteiger partial charge in [-0.3, -0.25) is 9.59 Å². The molecule has 168 valence electrons. The lowest BCUT2D eigenvalue weighted by Gasteiger charge is -2.20. The lowest BCUT2D eigenvalue weighted by atomic mass is 10.1. The van der Waals surface area contributed by atoms with Crippen molar-refractivity contribution in [2.45, 2.75) is 26.3 Å². The first-order valence-corrected chi connectivity index (χ1v) is 10.4. The molecule has 0 aliphatic carbocycles. The van der Waals surface area contributed by atoms with E-state index in [0.717, 1.165) is 17.7 Å². The maximum atomic E-state index is 13.1. The van der Waals surface area contributed by atoms with Gasteiger partial charge in [0.25, 0.3) is 11.8 Å². The van der Waals surface area contributed by atoms with Crippen LogP contribution in [0.3, 0.4) is 0 Å². The highest BCUT2D eigenvalue weighted by molar-refractivity contribution is 5.94. The molecule has 0 aliphatic rings. The van der Waals surface area contributed by atoms with E-state index in [1.807, 2.05) is 31.2 Å². The monoisotopic (exact) mass is 439 g/mol. The molecule has 7 nitrogen and oxygen atoms in total. The van der Waals surface area contributed by atoms with Gasteiger partial charge in [0.05, 0.1) is 13.7 Å². The molecule has 0 unspecified atom stereocenters. The lowest BCUT2D eigenvalue weighted by molar-refractivity contribution is 0.0727. The average molecular weight is 439 g/mol. The molecular weight excluding hydrogens is 413 g/mol. The maximum absolute atomic E-state index is 13.1. The van der Waals surface area contributed by atoms with Crippen LogP contribution in [-0.2, 0) is 13.0 Å². The minimum Gasteiger partial charge on any atom is -0.497 e. The van der Waals surface area contributed by atoms with Crippen LogP contribution in [-0.4, -0.2) is 42.1 Å². The third-order valence-electron chi connectivity index (χ3n) is 4.87. The summed E-state index contributed by atoms with van der Waals surface area (Å²) in [6.45, 7) is 3.04. The molecule has 0 saturated heterocycles. The van der Waals surface area contributed by atoms with Crippen molar-refractivity contribution in [3.05, 3.63) is 83.0 Å². The van der Waals surface area contributed by atoms with E-state index in [1.54, 1.807) is 12.0 Å². The van der Waals surface area contributed by atoms with Crippen molar-refractivity contribution < 1.29 is 23.2 Å². The van der Waals surface area contributed by atoms with Crippen molar-refractivity contribution in [2.75, 3.05) is 20.2 Å². The van der Waals surface area contributed by atoms with Crippen molar-refractivity contribution in [3.63, 3.8) is 0 Å². The van der Waals surface area contributed by atoms with Gasteiger partial charge in [0.2, 0.25) is 0 Å². The molecule has 0 aliphatic heterocycles. The largest absolute Gasteiger partial charge is 0.497 e. The number of benzene rings is 2. The highest BCUT2D eigenvalue weighted by Gasteiger charge is 2.19. The normalized spacial score (nSPS) is 10.6. The van der Waals surface area contributed by atoms with Crippen LogP contribution in [0.5, 0.6) is 5.75 Å². The number of hydrogen-bond acceptors (Lipinski definition) is 5. The quantitative estimate of drug-likeness (QED) is 0.519. The van der Waals surface area contributed by atoms with E-state index < -0.39 is 5.82 Å². The Hall–Kier alpha value is -3.68. The zero-order valence-corrected chi connectivity index (χ0v) is 18.1. The third-order valence-corrected chi connectivity index (χ3v) is 4.87. The van der Waals surface area contributed by atoms with Crippen molar-refractivity contribution in [3.8, 4) is 5.75 Å². The van der Waals surface area contributed by atoms with Crippen LogP contribution >= 0.6 is 0 Å². The van der Waals surface area contributed by atoms with Gasteiger partial charge in [-0.25, -0.2) is 4.39 Å². The molecule has 2 amide bonds. The van der Waals surface area contributed by atoms with Gasteiger partial charge >= 0.3 is 0 Å². The number of halogens is 1. The summed E-state index contributed by atoms with van der Waals surface area (Å²) in [5.74, 6) is 0.188. The van der Waals surface area contributed by atoms with Crippen molar-refractivity contribution in [2.24, 2.45) is 0 Å². The van der Waals surface area contributed by atoms with E-state index in [9.17, 15) is 14.0 Å². The molecule has 0 fully saturated rings. The maximum Gasteiger partial charge on any atom is 0.273 e. The molecule has 3 rings (SSSR count). The highest BCUT2D eigenvalue weighted by Crippen LogP contribution is 2.14. The van der Waals surface area contributed by atoms with Crippen molar-refractivity contribution in [1.29, 1.82) is 0 Å². The second kappa shape index (κ2) is 11.1. The van der Waals surface area contributed by atoms with Crippen LogP contribution in [0, 0.1) is 5.82 Å². The van der Waals surface area contributed by atoms with Crippen LogP contribution in [0.25, 0.3) is 0 Å². The molecule has 1 heterocycles. The smallest absolute Gasteiger partial charge is 0.273 e. The Morgan fingerprint density at radius 3 is 2.50 bits per heavy atom. The van der Waals surface area contributed by atoms with Gasteiger partial charge in [0.15, 0.2) is 11.5 Å². The molecule has 3 aromatic rings. The topological polar surface area (TPSA) is 84.7 Å². The molecule has 0 bridgehead atoms. The molecule has 1 aromatic heterocycles. The average Bonchev–Trinajstić information content (AvgIpc) is 3.28. The highest BCUT2D eigenvalue weighted by atomic mass is 19.1. The number of hydrogen-bond donors (Lipinski definition) is 1. The summed E-state index contributed by atoms with van der Waals surface area (Å²) in [5.41, 5.74) is 1.61. The van der Waals surface area contributed by atoms with E-state index in [-0.39, 0.29) is 24.1 Å². The van der Waals surface area contributed by atoms with Gasteiger partial charge in [-0.1, -0.05) is 24.2 Å². The Bertz CT molecular complexity index is 1030. The van der Waals surface area contributed by atoms with Crippen LogP contribution < -0.4 is 10.1 Å². The minimum absolute atomic E-state index is 0.153. The summed E-state index contributed by atoms with van der Waals surface area (Å²) in [4.78, 5) is 26.7. The van der Waals surface area contributed by atoms with E-state index in [1.165, 1.54) is 30.3 Å². The van der Waals surface area contributed by atoms with Crippen LogP contribution in [0.2, 0.25) is 0 Å². The van der Waals surface area contributed by atoms with Crippen LogP contribution in [0.4, 0.5) is 4.39 Å². The first kappa shape index (κ1) is 23.0. The number of nitrogens with one attached hydrogen (secondary N) is 1. The standard InChI is InChI=1S/C24H26FN3O4/c1-3-14-28(24(30)18-6-8-19(25)9-7-18)16-21-15-22(27-32-21)23(29)26-13-12-17-4-10-20(31-2)11-5-17/h4-11,15H,3,12-14,16H2,1-2H3,(H,26,29). The van der Waals surface area contributed by atoms with Gasteiger partial charge in [-0.2, -0.15) is 0 Å². The van der Waals surface area contributed by atoms with E-state index in [2.05, 4.69) is 10.5 Å². The Kier molecular flexibility index (Phi) is 7.96. The molecule has 0 spiro atoms. The van der Waals surface area contributed by atoms with Crippen molar-refractivity contribution in [1.82, 2.24) is 15.4 Å². The number of amides is 2. The van der Waals surface area contributed by atoms with E-state index in [4.69, 9.17) is 9.26 Å². The summed E-state index contributed by atoms with van der Waals surface area (Å²) in [7, 11) is 1.61. The Morgan fingerprint density at radius 1 is 1.12 bits per heavy atom. The first-order chi connectivity index (χ1) is 15.5. The summed E-state index contributed by atoms with van der Waals surface area (Å²) in [6, 6.07) is 14.6. The molecule has 0 atom stereocenters. The van der Waals surface area contributed by atoms with E-state index in [0.29, 0.717) is 30.8 Å². The van der Waals surface area contributed by atoms with Crippen LogP contribution in [0.1, 0.15) is 45.5 Å². The fraction of sp³-hybridized carbons (Fsp3) is 0.292. The number of carbonyl (C=O) groups excluding carboxylic acids is 2. The number of aromatic nitrogens is 1. The predicted octanol–water partition coefficient (Wildman–Crippen LogP) is 3.85. The van der Waals surface area contributed by atoms with Gasteiger partial charge in [-0.05, 0) is 54.8 Å². The molecular formula is C24H26FN3O4. The Labute approximate surface area is 186 Å². The summed E-state index contributed by atoms with van der Waals surface area (Å²) in [5, 5.41) is 6.64. The van der Waals surface area contributed by atoms with Crippen LogP contribution in [0.15, 0.2) is 59.1 Å². The summed E-state index contributed by atoms with van der Waals surface area (Å²) < 4.78 is 23.6. The molecule has 0 saturated carbocycles. The van der Waals surface area contributed by atoms with Gasteiger partial charge in [0, 0.05) is 24.7 Å². The SMILES string of the molecule is CCCN(Cc1cc(C(=O)NCCc2ccc(OC)cc2)no1)C(=O)c1ccc(F)cc1. The molecule has 2 aromatic carbocycles. The third kappa shape index (κ3) is 6.16. The van der Waals surface area contributed by atoms with Gasteiger partial charge < -0.3 is 19.5 Å². The van der Waals surface area contributed by atoms with Gasteiger partial charge in [0.1, 0.15) is 11.6 Å². The summed E-state index contributed by atoms with van der Waals surface area (Å²) >= 11 is 0. The second-order valence-corrected chi connectivity index (χ2v) is 7.27. The number of nitrogens with zero attached hydrogens (tertiary/aromatic N) is 2. The molecule has 1 N–H and O–H groups in total. The minimum atomic E-state index is -0.401. The lowest BCUT2D eigenvalue weighted by Crippen LogP contribution is -2.31. The summed E-state index contributed by atoms with van der Waals surface area (Å²) in [6.07, 6.45) is 1.40. The fourth-order valence-corrected chi connectivity index (χ4v) is 3.18. The Balaban J connectivity index is 1.56. The first-order valence-electron chi connectivity index (χ1n) is 10.4. The van der Waals surface area contributed by atoms with Crippen molar-refractivity contribution >= 4 is 11.8 Å². The Morgan fingerprint density at radius 2 is 1.84 bits per heavy atom. The number of ether oxygens (including phenoxy) is 1. The number of rotatable bonds is 10.